The Bertz CT molecular complexity index is 1430. The van der Waals surface area contributed by atoms with E-state index in [1.807, 2.05) is 36.4 Å². The van der Waals surface area contributed by atoms with Crippen LogP contribution >= 0.6 is 0 Å². The monoisotopic (exact) mass is 451 g/mol. The van der Waals surface area contributed by atoms with Gasteiger partial charge < -0.3 is 15.2 Å². The highest BCUT2D eigenvalue weighted by molar-refractivity contribution is 6.17. The number of fused-ring (bicyclic) bond motifs is 6. The van der Waals surface area contributed by atoms with Crippen molar-refractivity contribution in [1.29, 1.82) is 0 Å². The molecule has 1 aromatic heterocycles. The normalized spacial score (nSPS) is 16.4. The molecule has 2 aliphatic rings. The van der Waals surface area contributed by atoms with Crippen molar-refractivity contribution in [3.8, 4) is 0 Å². The Labute approximate surface area is 195 Å². The first-order valence-electron chi connectivity index (χ1n) is 11.1. The minimum absolute atomic E-state index is 0.157. The van der Waals surface area contributed by atoms with E-state index in [-0.39, 0.29) is 24.3 Å². The van der Waals surface area contributed by atoms with E-state index in [4.69, 9.17) is 0 Å². The van der Waals surface area contributed by atoms with E-state index in [2.05, 4.69) is 15.3 Å². The molecule has 0 aliphatic carbocycles. The molecule has 2 aliphatic heterocycles. The molecule has 0 spiro atoms. The smallest absolute Gasteiger partial charge is 0.260 e. The van der Waals surface area contributed by atoms with E-state index in [0.717, 1.165) is 22.4 Å². The number of para-hydroxylation sites is 3. The Kier molecular flexibility index (Phi) is 4.65. The molecule has 4 aromatic rings. The molecule has 0 fully saturated rings. The number of carbonyl (C=O) groups is 3. The summed E-state index contributed by atoms with van der Waals surface area (Å²) in [5, 5.41) is 2.89. The zero-order valence-corrected chi connectivity index (χ0v) is 18.2. The quantitative estimate of drug-likeness (QED) is 0.487. The number of nitrogens with one attached hydrogen (secondary N) is 2. The number of carbonyl (C=O) groups excluding carboxylic acids is 3. The third kappa shape index (κ3) is 3.14. The second-order valence-electron chi connectivity index (χ2n) is 8.39. The van der Waals surface area contributed by atoms with Gasteiger partial charge >= 0.3 is 0 Å². The van der Waals surface area contributed by atoms with Gasteiger partial charge in [-0.05, 0) is 30.3 Å². The number of rotatable bonds is 5. The first kappa shape index (κ1) is 20.2. The molecule has 168 valence electrons. The molecule has 6 rings (SSSR count). The molecule has 34 heavy (non-hydrogen) atoms. The average molecular weight is 451 g/mol. The summed E-state index contributed by atoms with van der Waals surface area (Å²) in [6.07, 6.45) is -0.110. The molecule has 3 heterocycles. The third-order valence-corrected chi connectivity index (χ3v) is 6.32. The Morgan fingerprint density at radius 2 is 1.65 bits per heavy atom. The van der Waals surface area contributed by atoms with Gasteiger partial charge in [0.25, 0.3) is 11.8 Å². The summed E-state index contributed by atoms with van der Waals surface area (Å²) in [6, 6.07) is 22.0. The van der Waals surface area contributed by atoms with Crippen LogP contribution in [0.4, 0.5) is 5.69 Å². The molecule has 1 atom stereocenters. The Morgan fingerprint density at radius 1 is 0.912 bits per heavy atom. The van der Waals surface area contributed by atoms with Crippen LogP contribution in [0.2, 0.25) is 0 Å². The topological polar surface area (TPSA) is 98.4 Å². The summed E-state index contributed by atoms with van der Waals surface area (Å²) in [5.41, 5.74) is 4.09. The number of anilines is 1. The molecule has 0 saturated heterocycles. The zero-order chi connectivity index (χ0) is 23.2. The maximum absolute atomic E-state index is 13.4. The van der Waals surface area contributed by atoms with Crippen LogP contribution in [0.15, 0.2) is 72.8 Å². The van der Waals surface area contributed by atoms with E-state index in [0.29, 0.717) is 29.8 Å². The number of aromatic amines is 1. The first-order valence-corrected chi connectivity index (χ1v) is 11.1. The number of amides is 3. The second kappa shape index (κ2) is 7.84. The van der Waals surface area contributed by atoms with Gasteiger partial charge in [0, 0.05) is 24.1 Å². The first-order chi connectivity index (χ1) is 16.6. The molecule has 0 bridgehead atoms. The van der Waals surface area contributed by atoms with Crippen LogP contribution in [0.25, 0.3) is 11.0 Å². The molecule has 8 heteroatoms. The van der Waals surface area contributed by atoms with Crippen LogP contribution in [-0.2, 0) is 11.2 Å². The Morgan fingerprint density at radius 3 is 2.50 bits per heavy atom. The Balaban J connectivity index is 1.22. The number of imidazole rings is 1. The summed E-state index contributed by atoms with van der Waals surface area (Å²) in [5.74, 6) is 0.0521. The number of aromatic nitrogens is 2. The van der Waals surface area contributed by atoms with Crippen LogP contribution in [0.5, 0.6) is 0 Å². The number of H-pyrrole nitrogens is 1. The van der Waals surface area contributed by atoms with Crippen molar-refractivity contribution >= 4 is 34.4 Å². The SMILES string of the molecule is O=C(CN1C(=O)c2ccccc2N2C(=O)c3ccccc3C12)NCCc1nc2ccccc2[nH]1. The molecule has 3 amide bonds. The number of hydrogen-bond acceptors (Lipinski definition) is 4. The van der Waals surface area contributed by atoms with Gasteiger partial charge in [-0.15, -0.1) is 0 Å². The van der Waals surface area contributed by atoms with Gasteiger partial charge in [-0.3, -0.25) is 19.3 Å². The molecular formula is C26H21N5O3. The van der Waals surface area contributed by atoms with Crippen molar-refractivity contribution < 1.29 is 14.4 Å². The molecule has 3 aromatic carbocycles. The van der Waals surface area contributed by atoms with Crippen LogP contribution in [-0.4, -0.2) is 45.7 Å². The fourth-order valence-corrected chi connectivity index (χ4v) is 4.79. The van der Waals surface area contributed by atoms with E-state index < -0.39 is 6.17 Å². The number of hydrogen-bond donors (Lipinski definition) is 2. The highest BCUT2D eigenvalue weighted by atomic mass is 16.2. The summed E-state index contributed by atoms with van der Waals surface area (Å²) >= 11 is 0. The third-order valence-electron chi connectivity index (χ3n) is 6.32. The second-order valence-corrected chi connectivity index (χ2v) is 8.39. The van der Waals surface area contributed by atoms with Crippen LogP contribution in [0.3, 0.4) is 0 Å². The van der Waals surface area contributed by atoms with Crippen molar-refractivity contribution in [2.75, 3.05) is 18.0 Å². The highest BCUT2D eigenvalue weighted by Gasteiger charge is 2.47. The van der Waals surface area contributed by atoms with Crippen molar-refractivity contribution in [1.82, 2.24) is 20.2 Å². The Hall–Kier alpha value is -4.46. The number of nitrogens with zero attached hydrogens (tertiary/aromatic N) is 3. The van der Waals surface area contributed by atoms with Crippen molar-refractivity contribution in [2.24, 2.45) is 0 Å². The summed E-state index contributed by atoms with van der Waals surface area (Å²) in [4.78, 5) is 50.3. The van der Waals surface area contributed by atoms with E-state index >= 15 is 0 Å². The van der Waals surface area contributed by atoms with E-state index in [1.54, 1.807) is 41.3 Å². The van der Waals surface area contributed by atoms with Crippen LogP contribution in [0, 0.1) is 0 Å². The van der Waals surface area contributed by atoms with Gasteiger partial charge in [-0.1, -0.05) is 42.5 Å². The molecule has 1 unspecified atom stereocenters. The molecule has 8 nitrogen and oxygen atoms in total. The van der Waals surface area contributed by atoms with Gasteiger partial charge in [0.2, 0.25) is 5.91 Å². The summed E-state index contributed by atoms with van der Waals surface area (Å²) < 4.78 is 0. The zero-order valence-electron chi connectivity index (χ0n) is 18.2. The van der Waals surface area contributed by atoms with Crippen LogP contribution < -0.4 is 10.2 Å². The van der Waals surface area contributed by atoms with Gasteiger partial charge in [0.05, 0.1) is 22.3 Å². The van der Waals surface area contributed by atoms with Gasteiger partial charge in [0.1, 0.15) is 18.5 Å². The minimum atomic E-state index is -0.646. The molecule has 0 radical (unpaired) electrons. The average Bonchev–Trinajstić information content (AvgIpc) is 3.40. The number of benzene rings is 3. The lowest BCUT2D eigenvalue weighted by atomic mass is 10.0. The van der Waals surface area contributed by atoms with Crippen molar-refractivity contribution in [2.45, 2.75) is 12.6 Å². The lowest BCUT2D eigenvalue weighted by Gasteiger charge is -2.40. The molecule has 0 saturated carbocycles. The minimum Gasteiger partial charge on any atom is -0.354 e. The van der Waals surface area contributed by atoms with E-state index in [9.17, 15) is 14.4 Å². The van der Waals surface area contributed by atoms with Gasteiger partial charge in [-0.25, -0.2) is 4.98 Å². The van der Waals surface area contributed by atoms with Gasteiger partial charge in [0.15, 0.2) is 0 Å². The predicted octanol–water partition coefficient (Wildman–Crippen LogP) is 3.04. The summed E-state index contributed by atoms with van der Waals surface area (Å²) in [7, 11) is 0. The van der Waals surface area contributed by atoms with Crippen molar-refractivity contribution in [3.05, 3.63) is 95.3 Å². The standard InChI is InChI=1S/C26H21N5O3/c32-23(27-14-13-22-28-19-10-4-5-11-20(19)29-22)15-30-24-16-7-1-2-8-17(16)26(34)31(24)21-12-6-3-9-18(21)25(30)33/h1-12,24H,13-15H2,(H,27,32)(H,28,29). The largest absolute Gasteiger partial charge is 0.354 e. The van der Waals surface area contributed by atoms with Gasteiger partial charge in [-0.2, -0.15) is 0 Å². The molecule has 2 N–H and O–H groups in total. The fourth-order valence-electron chi connectivity index (χ4n) is 4.79. The maximum atomic E-state index is 13.4. The predicted molar refractivity (Wildman–Crippen MR) is 126 cm³/mol. The molecular weight excluding hydrogens is 430 g/mol. The van der Waals surface area contributed by atoms with Crippen LogP contribution in [0.1, 0.15) is 38.3 Å². The van der Waals surface area contributed by atoms with E-state index in [1.165, 1.54) is 4.90 Å². The summed E-state index contributed by atoms with van der Waals surface area (Å²) in [6.45, 7) is 0.219. The lowest BCUT2D eigenvalue weighted by molar-refractivity contribution is -0.122. The fraction of sp³-hybridized carbons (Fsp3) is 0.154. The lowest BCUT2D eigenvalue weighted by Crippen LogP contribution is -2.51. The highest BCUT2D eigenvalue weighted by Crippen LogP contribution is 2.44. The van der Waals surface area contributed by atoms with Crippen molar-refractivity contribution in [3.63, 3.8) is 0 Å². The maximum Gasteiger partial charge on any atom is 0.260 e.